The molecule has 0 aliphatic carbocycles. The van der Waals surface area contributed by atoms with E-state index in [9.17, 15) is 0 Å². The monoisotopic (exact) mass is 140 g/mol. The van der Waals surface area contributed by atoms with Crippen LogP contribution in [0.25, 0.3) is 0 Å². The summed E-state index contributed by atoms with van der Waals surface area (Å²) in [6.07, 6.45) is 0. The number of hydrogen-bond acceptors (Lipinski definition) is 1. The second-order valence-corrected chi connectivity index (χ2v) is 1.10. The Labute approximate surface area is 66.2 Å². The minimum Gasteiger partial charge on any atom is -1.00 e. The molecule has 0 aliphatic heterocycles. The molecule has 0 radical (unpaired) electrons. The Balaban J connectivity index is -0.0000000267. The zero-order chi connectivity index (χ0) is 4.12. The van der Waals surface area contributed by atoms with Crippen LogP contribution in [0.1, 0.15) is 2.85 Å². The van der Waals surface area contributed by atoms with Crippen molar-refractivity contribution in [2.24, 2.45) is 0 Å². The Kier molecular flexibility index (Phi) is 16.5. The van der Waals surface area contributed by atoms with E-state index < -0.39 is 0 Å². The summed E-state index contributed by atoms with van der Waals surface area (Å²) in [5, 5.41) is 0. The maximum Gasteiger partial charge on any atom is 2.00 e. The van der Waals surface area contributed by atoms with Gasteiger partial charge >= 0.3 is 23.1 Å². The summed E-state index contributed by atoms with van der Waals surface area (Å²) in [5.41, 5.74) is 0. The third-order valence-corrected chi connectivity index (χ3v) is 0.463. The molecule has 0 aromatic heterocycles. The summed E-state index contributed by atoms with van der Waals surface area (Å²) in [6.45, 7) is 0.420. The summed E-state index contributed by atoms with van der Waals surface area (Å²) in [4.78, 5) is 0. The summed E-state index contributed by atoms with van der Waals surface area (Å²) in [5.74, 6) is 0.462. The van der Waals surface area contributed by atoms with E-state index in [2.05, 4.69) is 4.29 Å². The topological polar surface area (TPSA) is 9.23 Å². The van der Waals surface area contributed by atoms with Gasteiger partial charge in [-0.1, -0.05) is 0 Å². The summed E-state index contributed by atoms with van der Waals surface area (Å²) in [6, 6.07) is 0. The van der Waals surface area contributed by atoms with E-state index in [1.165, 1.54) is 0 Å². The van der Waals surface area contributed by atoms with Crippen molar-refractivity contribution in [1.82, 2.24) is 0 Å². The van der Waals surface area contributed by atoms with Crippen LogP contribution in [-0.4, -0.2) is 35.5 Å². The average molecular weight is 141 g/mol. The van der Waals surface area contributed by atoms with E-state index in [-0.39, 0.29) is 25.9 Å². The molecule has 0 amide bonds. The van der Waals surface area contributed by atoms with Crippen molar-refractivity contribution in [2.75, 3.05) is 12.5 Å². The summed E-state index contributed by atoms with van der Waals surface area (Å²) in [7, 11) is 0. The van der Waals surface area contributed by atoms with Gasteiger partial charge in [0.25, 0.3) is 0 Å². The molecule has 0 unspecified atom stereocenters. The third-order valence-electron chi connectivity index (χ3n) is 0.154. The van der Waals surface area contributed by atoms with E-state index >= 15 is 0 Å². The minimum absolute atomic E-state index is 0. The molecule has 0 bridgehead atoms. The fourth-order valence-corrected chi connectivity index (χ4v) is 0.262. The predicted octanol–water partition coefficient (Wildman–Crippen LogP) is 1.24. The van der Waals surface area contributed by atoms with E-state index in [1.54, 1.807) is 0 Å². The van der Waals surface area contributed by atoms with Crippen molar-refractivity contribution >= 4 is 46.5 Å². The number of halogens is 2. The largest absolute Gasteiger partial charge is 2.00 e. The molecule has 0 aromatic rings. The number of rotatable bonds is 2. The van der Waals surface area contributed by atoms with E-state index in [0.29, 0.717) is 12.5 Å². The van der Waals surface area contributed by atoms with Crippen molar-refractivity contribution in [2.45, 2.75) is 0 Å². The van der Waals surface area contributed by atoms with Gasteiger partial charge in [-0.2, -0.15) is 0 Å². The molecular formula is C2H6Cl2MgO. The molecule has 0 aliphatic rings. The molecule has 0 saturated carbocycles. The molecule has 36 valence electrons. The Morgan fingerprint density at radius 1 is 1.67 bits per heavy atom. The maximum absolute atomic E-state index is 5.09. The molecule has 0 spiro atoms. The summed E-state index contributed by atoms with van der Waals surface area (Å²) >= 11 is 9.81. The molecule has 0 aromatic carbocycles. The Bertz CT molecular complexity index is 25.5. The van der Waals surface area contributed by atoms with E-state index in [4.69, 9.17) is 23.5 Å². The Morgan fingerprint density at radius 2 is 2.17 bits per heavy atom. The van der Waals surface area contributed by atoms with Crippen molar-refractivity contribution in [3.63, 3.8) is 0 Å². The molecule has 0 heterocycles. The smallest absolute Gasteiger partial charge is 1.00 e. The van der Waals surface area contributed by atoms with Crippen molar-refractivity contribution in [3.05, 3.63) is 0 Å². The van der Waals surface area contributed by atoms with E-state index in [1.807, 2.05) is 0 Å². The summed E-state index contributed by atoms with van der Waals surface area (Å²) < 4.78 is 4.03. The van der Waals surface area contributed by atoms with Gasteiger partial charge in [0.15, 0.2) is 0 Å². The third kappa shape index (κ3) is 9.00. The van der Waals surface area contributed by atoms with Gasteiger partial charge in [0.2, 0.25) is 0 Å². The Morgan fingerprint density at radius 3 is 2.17 bits per heavy atom. The first-order valence-corrected chi connectivity index (χ1v) is 2.05. The van der Waals surface area contributed by atoms with Gasteiger partial charge in [0.05, 0.1) is 18.5 Å². The molecule has 0 saturated heterocycles. The molecule has 0 fully saturated rings. The average Bonchev–Trinajstić information content (AvgIpc) is 1.41. The number of hydrogen-bond donors (Lipinski definition) is 0. The van der Waals surface area contributed by atoms with Crippen LogP contribution in [0.4, 0.5) is 0 Å². The van der Waals surface area contributed by atoms with Gasteiger partial charge in [-0.15, -0.1) is 11.6 Å². The molecule has 0 atom stereocenters. The van der Waals surface area contributed by atoms with Crippen LogP contribution >= 0.6 is 23.5 Å². The zero-order valence-electron chi connectivity index (χ0n) is 5.29. The van der Waals surface area contributed by atoms with Gasteiger partial charge in [-0.05, 0) is 0 Å². The predicted molar refractivity (Wildman–Crippen MR) is 30.5 cm³/mol. The normalized spacial score (nSPS) is 7.00. The quantitative estimate of drug-likeness (QED) is 0.415. The number of alkyl halides is 1. The zero-order valence-corrected chi connectivity index (χ0v) is 6.21. The van der Waals surface area contributed by atoms with Crippen LogP contribution in [0.5, 0.6) is 0 Å². The first-order chi connectivity index (χ1) is 2.41. The van der Waals surface area contributed by atoms with Crippen LogP contribution in [0.2, 0.25) is 0 Å². The van der Waals surface area contributed by atoms with Crippen molar-refractivity contribution < 1.29 is 7.14 Å². The molecule has 0 N–H and O–H groups in total. The van der Waals surface area contributed by atoms with Crippen LogP contribution < -0.4 is 0 Å². The molecule has 1 nitrogen and oxygen atoms in total. The Hall–Kier alpha value is 1.31. The first-order valence-electron chi connectivity index (χ1n) is 1.21. The maximum atomic E-state index is 5.09. The van der Waals surface area contributed by atoms with Crippen LogP contribution in [0.15, 0.2) is 0 Å². The van der Waals surface area contributed by atoms with Gasteiger partial charge in [-0.3, -0.25) is 4.29 Å². The standard InChI is InChI=1S/C2H4Cl2O.Mg.2H/c3-1-2-5-4;;;/h1-2H2;;;/q;+2;2*-1. The van der Waals surface area contributed by atoms with Gasteiger partial charge < -0.3 is 2.85 Å². The molecular weight excluding hydrogens is 135 g/mol. The SMILES string of the molecule is ClCCOCl.[H-].[H-].[Mg+2]. The fourth-order valence-electron chi connectivity index (χ4n) is 0.0292. The van der Waals surface area contributed by atoms with Gasteiger partial charge in [0.1, 0.15) is 0 Å². The van der Waals surface area contributed by atoms with Crippen LogP contribution in [0.3, 0.4) is 0 Å². The molecule has 6 heavy (non-hydrogen) atoms. The van der Waals surface area contributed by atoms with Gasteiger partial charge in [-0.25, -0.2) is 0 Å². The van der Waals surface area contributed by atoms with Gasteiger partial charge in [0, 0.05) is 5.88 Å². The van der Waals surface area contributed by atoms with E-state index in [0.717, 1.165) is 0 Å². The minimum atomic E-state index is 0. The first kappa shape index (κ1) is 10.3. The van der Waals surface area contributed by atoms with Crippen molar-refractivity contribution in [1.29, 1.82) is 0 Å². The second kappa shape index (κ2) is 9.58. The molecule has 0 rings (SSSR count). The van der Waals surface area contributed by atoms with Crippen molar-refractivity contribution in [3.8, 4) is 0 Å². The van der Waals surface area contributed by atoms with Crippen LogP contribution in [0, 0.1) is 0 Å². The molecule has 4 heteroatoms. The fraction of sp³-hybridized carbons (Fsp3) is 1.00. The second-order valence-electron chi connectivity index (χ2n) is 0.502. The van der Waals surface area contributed by atoms with Crippen LogP contribution in [-0.2, 0) is 4.29 Å².